The van der Waals surface area contributed by atoms with Crippen LogP contribution in [0.3, 0.4) is 0 Å². The molecule has 1 aromatic heterocycles. The van der Waals surface area contributed by atoms with E-state index < -0.39 is 0 Å². The van der Waals surface area contributed by atoms with E-state index in [1.807, 2.05) is 6.07 Å². The maximum Gasteiger partial charge on any atom is 0.122 e. The topological polar surface area (TPSA) is 57.6 Å². The first kappa shape index (κ1) is 12.6. The third-order valence-electron chi connectivity index (χ3n) is 3.15. The summed E-state index contributed by atoms with van der Waals surface area (Å²) in [5.74, 6) is 0.818. The summed E-state index contributed by atoms with van der Waals surface area (Å²) >= 11 is 0. The minimum absolute atomic E-state index is 0.272. The van der Waals surface area contributed by atoms with Gasteiger partial charge in [0.15, 0.2) is 0 Å². The average molecular weight is 239 g/mol. The molecule has 0 radical (unpaired) electrons. The van der Waals surface area contributed by atoms with E-state index in [4.69, 9.17) is 19.6 Å². The lowest BCUT2D eigenvalue weighted by atomic mass is 10.0. The molecule has 2 rings (SSSR count). The van der Waals surface area contributed by atoms with E-state index in [1.165, 1.54) is 0 Å². The minimum Gasteiger partial charge on any atom is -0.468 e. The zero-order valence-corrected chi connectivity index (χ0v) is 10.5. The summed E-state index contributed by atoms with van der Waals surface area (Å²) in [7, 11) is 0. The molecular formula is C13H21NO3. The number of hydrogen-bond acceptors (Lipinski definition) is 4. The normalized spacial score (nSPS) is 29.5. The monoisotopic (exact) mass is 239 g/mol. The van der Waals surface area contributed by atoms with Gasteiger partial charge in [0, 0.05) is 5.56 Å². The number of furan rings is 1. The van der Waals surface area contributed by atoms with E-state index in [-0.39, 0.29) is 18.3 Å². The Balaban J connectivity index is 1.85. The fourth-order valence-corrected chi connectivity index (χ4v) is 2.36. The van der Waals surface area contributed by atoms with Gasteiger partial charge in [-0.05, 0) is 32.8 Å². The molecule has 96 valence electrons. The zero-order valence-electron chi connectivity index (χ0n) is 10.5. The van der Waals surface area contributed by atoms with Crippen LogP contribution in [-0.4, -0.2) is 18.3 Å². The summed E-state index contributed by atoms with van der Waals surface area (Å²) in [5, 5.41) is 0. The molecule has 0 amide bonds. The van der Waals surface area contributed by atoms with Crippen molar-refractivity contribution in [3.05, 3.63) is 23.7 Å². The first-order chi connectivity index (χ1) is 8.19. The molecule has 0 spiro atoms. The third kappa shape index (κ3) is 3.31. The van der Waals surface area contributed by atoms with Gasteiger partial charge in [0.05, 0.1) is 37.7 Å². The van der Waals surface area contributed by atoms with Gasteiger partial charge in [0.1, 0.15) is 5.76 Å². The largest absolute Gasteiger partial charge is 0.468 e. The van der Waals surface area contributed by atoms with Crippen LogP contribution in [0.5, 0.6) is 0 Å². The molecule has 0 aliphatic carbocycles. The highest BCUT2D eigenvalue weighted by Gasteiger charge is 2.25. The Morgan fingerprint density at radius 1 is 1.35 bits per heavy atom. The molecule has 1 fully saturated rings. The van der Waals surface area contributed by atoms with Gasteiger partial charge in [-0.3, -0.25) is 0 Å². The Bertz CT molecular complexity index is 340. The van der Waals surface area contributed by atoms with Crippen molar-refractivity contribution in [2.75, 3.05) is 0 Å². The van der Waals surface area contributed by atoms with Gasteiger partial charge in [-0.25, -0.2) is 0 Å². The number of ether oxygens (including phenoxy) is 2. The lowest BCUT2D eigenvalue weighted by molar-refractivity contribution is -0.106. The summed E-state index contributed by atoms with van der Waals surface area (Å²) in [4.78, 5) is 0. The second-order valence-corrected chi connectivity index (χ2v) is 4.73. The molecule has 2 heterocycles. The van der Waals surface area contributed by atoms with Crippen LogP contribution in [0.2, 0.25) is 0 Å². The molecule has 4 heteroatoms. The van der Waals surface area contributed by atoms with Crippen molar-refractivity contribution < 1.29 is 13.9 Å². The smallest absolute Gasteiger partial charge is 0.122 e. The summed E-state index contributed by atoms with van der Waals surface area (Å²) < 4.78 is 16.9. The van der Waals surface area contributed by atoms with Crippen molar-refractivity contribution in [3.8, 4) is 0 Å². The third-order valence-corrected chi connectivity index (χ3v) is 3.15. The summed E-state index contributed by atoms with van der Waals surface area (Å²) in [6.45, 7) is 5.18. The van der Waals surface area contributed by atoms with E-state index in [9.17, 15) is 0 Å². The standard InChI is InChI=1S/C13H21NO3/c1-9-5-12(6-10(2)17-9)16-8-11-3-4-15-13(11)7-14/h3-4,9-10,12H,5-8,14H2,1-2H3. The molecule has 1 aliphatic heterocycles. The van der Waals surface area contributed by atoms with Gasteiger partial charge in [-0.2, -0.15) is 0 Å². The quantitative estimate of drug-likeness (QED) is 0.875. The summed E-state index contributed by atoms with van der Waals surface area (Å²) in [6.07, 6.45) is 4.41. The lowest BCUT2D eigenvalue weighted by Gasteiger charge is -2.31. The van der Waals surface area contributed by atoms with Gasteiger partial charge >= 0.3 is 0 Å². The highest BCUT2D eigenvalue weighted by Crippen LogP contribution is 2.23. The van der Waals surface area contributed by atoms with E-state index >= 15 is 0 Å². The zero-order chi connectivity index (χ0) is 12.3. The lowest BCUT2D eigenvalue weighted by Crippen LogP contribution is -2.34. The first-order valence-electron chi connectivity index (χ1n) is 6.21. The summed E-state index contributed by atoms with van der Waals surface area (Å²) in [5.41, 5.74) is 6.63. The van der Waals surface area contributed by atoms with Crippen molar-refractivity contribution in [1.29, 1.82) is 0 Å². The molecule has 1 aliphatic rings. The number of nitrogens with two attached hydrogens (primary N) is 1. The van der Waals surface area contributed by atoms with Crippen molar-refractivity contribution in [2.45, 2.75) is 58.2 Å². The molecule has 2 atom stereocenters. The van der Waals surface area contributed by atoms with Gasteiger partial charge in [-0.15, -0.1) is 0 Å². The van der Waals surface area contributed by atoms with E-state index in [0.717, 1.165) is 24.2 Å². The van der Waals surface area contributed by atoms with Crippen LogP contribution in [0, 0.1) is 0 Å². The predicted octanol–water partition coefficient (Wildman–Crippen LogP) is 2.21. The number of rotatable bonds is 4. The average Bonchev–Trinajstić information content (AvgIpc) is 2.72. The van der Waals surface area contributed by atoms with Crippen LogP contribution in [0.4, 0.5) is 0 Å². The Labute approximate surface area is 102 Å². The van der Waals surface area contributed by atoms with Crippen LogP contribution in [0.1, 0.15) is 38.0 Å². The highest BCUT2D eigenvalue weighted by molar-refractivity contribution is 5.15. The summed E-state index contributed by atoms with van der Waals surface area (Å²) in [6, 6.07) is 1.92. The fourth-order valence-electron chi connectivity index (χ4n) is 2.36. The van der Waals surface area contributed by atoms with Crippen molar-refractivity contribution in [2.24, 2.45) is 5.73 Å². The van der Waals surface area contributed by atoms with Gasteiger partial charge in [0.2, 0.25) is 0 Å². The Morgan fingerprint density at radius 3 is 2.71 bits per heavy atom. The molecule has 1 saturated heterocycles. The molecule has 0 bridgehead atoms. The second-order valence-electron chi connectivity index (χ2n) is 4.73. The Kier molecular flexibility index (Phi) is 4.20. The molecule has 0 aromatic carbocycles. The van der Waals surface area contributed by atoms with Crippen molar-refractivity contribution >= 4 is 0 Å². The fraction of sp³-hybridized carbons (Fsp3) is 0.692. The predicted molar refractivity (Wildman–Crippen MR) is 64.4 cm³/mol. The maximum atomic E-state index is 5.92. The highest BCUT2D eigenvalue weighted by atomic mass is 16.5. The molecule has 2 unspecified atom stereocenters. The van der Waals surface area contributed by atoms with Crippen LogP contribution < -0.4 is 5.73 Å². The van der Waals surface area contributed by atoms with E-state index in [0.29, 0.717) is 13.2 Å². The van der Waals surface area contributed by atoms with Crippen molar-refractivity contribution in [1.82, 2.24) is 0 Å². The molecule has 17 heavy (non-hydrogen) atoms. The SMILES string of the molecule is CC1CC(OCc2ccoc2CN)CC(C)O1. The van der Waals surface area contributed by atoms with Crippen LogP contribution in [0.25, 0.3) is 0 Å². The minimum atomic E-state index is 0.272. The molecule has 2 N–H and O–H groups in total. The molecule has 4 nitrogen and oxygen atoms in total. The van der Waals surface area contributed by atoms with Crippen molar-refractivity contribution in [3.63, 3.8) is 0 Å². The number of hydrogen-bond donors (Lipinski definition) is 1. The van der Waals surface area contributed by atoms with Gasteiger partial charge < -0.3 is 19.6 Å². The maximum absolute atomic E-state index is 5.92. The molecular weight excluding hydrogens is 218 g/mol. The van der Waals surface area contributed by atoms with E-state index in [2.05, 4.69) is 13.8 Å². The Hall–Kier alpha value is -0.840. The molecule has 0 saturated carbocycles. The Morgan fingerprint density at radius 2 is 2.06 bits per heavy atom. The van der Waals surface area contributed by atoms with Crippen LogP contribution in [0.15, 0.2) is 16.7 Å². The first-order valence-corrected chi connectivity index (χ1v) is 6.21. The second kappa shape index (κ2) is 5.67. The van der Waals surface area contributed by atoms with Crippen LogP contribution in [-0.2, 0) is 22.6 Å². The van der Waals surface area contributed by atoms with Gasteiger partial charge in [0.25, 0.3) is 0 Å². The van der Waals surface area contributed by atoms with E-state index in [1.54, 1.807) is 6.26 Å². The van der Waals surface area contributed by atoms with Gasteiger partial charge in [-0.1, -0.05) is 0 Å². The molecule has 1 aromatic rings. The van der Waals surface area contributed by atoms with Crippen LogP contribution >= 0.6 is 0 Å².